The van der Waals surface area contributed by atoms with Gasteiger partial charge in [0, 0.05) is 0 Å². The fourth-order valence-electron chi connectivity index (χ4n) is 0.513. The molecule has 12 heavy (non-hydrogen) atoms. The summed E-state index contributed by atoms with van der Waals surface area (Å²) in [7, 11) is -4.47. The lowest BCUT2D eigenvalue weighted by Gasteiger charge is -1.89. The second-order valence-electron chi connectivity index (χ2n) is 1.77. The molecule has 8 heteroatoms. The van der Waals surface area contributed by atoms with Crippen molar-refractivity contribution in [3.8, 4) is 0 Å². The third kappa shape index (κ3) is 1.72. The molecule has 0 saturated carbocycles. The summed E-state index contributed by atoms with van der Waals surface area (Å²) in [6.07, 6.45) is 0. The van der Waals surface area contributed by atoms with E-state index < -0.39 is 29.5 Å². The molecule has 3 nitrogen and oxygen atoms in total. The first-order valence-corrected chi connectivity index (χ1v) is 5.46. The molecular formula is C4HCl2FO3S2. The second kappa shape index (κ2) is 3.12. The molecule has 0 bridgehead atoms. The summed E-state index contributed by atoms with van der Waals surface area (Å²) in [5.74, 6) is 0. The summed E-state index contributed by atoms with van der Waals surface area (Å²) in [6.45, 7) is 0. The van der Waals surface area contributed by atoms with Crippen molar-refractivity contribution in [1.82, 2.24) is 0 Å². The average molecular weight is 251 g/mol. The number of hydrogen-bond acceptors (Lipinski definition) is 3. The van der Waals surface area contributed by atoms with Crippen LogP contribution in [0.2, 0.25) is 10.0 Å². The zero-order chi connectivity index (χ0) is 9.52. The van der Waals surface area contributed by atoms with E-state index in [9.17, 15) is 12.8 Å². The number of hydrogen-bond donors (Lipinski definition) is 1. The van der Waals surface area contributed by atoms with Gasteiger partial charge in [0.05, 0.1) is 5.02 Å². The van der Waals surface area contributed by atoms with Crippen molar-refractivity contribution in [3.63, 3.8) is 0 Å². The Morgan fingerprint density at radius 3 is 2.00 bits per heavy atom. The van der Waals surface area contributed by atoms with E-state index >= 15 is 0 Å². The fourth-order valence-corrected chi connectivity index (χ4v) is 2.90. The first-order chi connectivity index (χ1) is 5.34. The number of thiophene rings is 1. The Hall–Kier alpha value is 0.120. The second-order valence-corrected chi connectivity index (χ2v) is 5.11. The zero-order valence-corrected chi connectivity index (χ0v) is 8.36. The van der Waals surface area contributed by atoms with Gasteiger partial charge in [-0.3, -0.25) is 4.55 Å². The van der Waals surface area contributed by atoms with Crippen LogP contribution in [0.4, 0.5) is 4.39 Å². The fraction of sp³-hybridized carbons (Fsp3) is 0. The topological polar surface area (TPSA) is 54.4 Å². The molecule has 0 aliphatic rings. The molecule has 1 aromatic heterocycles. The van der Waals surface area contributed by atoms with Crippen LogP contribution in [0.3, 0.4) is 0 Å². The molecule has 1 heterocycles. The molecule has 68 valence electrons. The third-order valence-electron chi connectivity index (χ3n) is 0.961. The summed E-state index contributed by atoms with van der Waals surface area (Å²) in [5, 5.41) is -1.91. The van der Waals surface area contributed by atoms with Crippen molar-refractivity contribution in [2.24, 2.45) is 0 Å². The summed E-state index contributed by atoms with van der Waals surface area (Å²) in [5.41, 5.74) is 0. The number of halogens is 3. The van der Waals surface area contributed by atoms with Crippen LogP contribution >= 0.6 is 34.5 Å². The minimum Gasteiger partial charge on any atom is -0.281 e. The van der Waals surface area contributed by atoms with Gasteiger partial charge in [0.15, 0.2) is 9.34 Å². The van der Waals surface area contributed by atoms with Crippen LogP contribution in [-0.4, -0.2) is 13.0 Å². The summed E-state index contributed by atoms with van der Waals surface area (Å²) in [6, 6.07) is 0. The Morgan fingerprint density at radius 2 is 1.83 bits per heavy atom. The van der Waals surface area contributed by atoms with E-state index in [0.29, 0.717) is 0 Å². The summed E-state index contributed by atoms with van der Waals surface area (Å²) < 4.78 is 41.3. The molecule has 0 spiro atoms. The van der Waals surface area contributed by atoms with Crippen molar-refractivity contribution in [3.05, 3.63) is 15.2 Å². The van der Waals surface area contributed by atoms with Gasteiger partial charge in [0.2, 0.25) is 0 Å². The largest absolute Gasteiger partial charge is 0.305 e. The van der Waals surface area contributed by atoms with Crippen molar-refractivity contribution in [2.45, 2.75) is 4.21 Å². The van der Waals surface area contributed by atoms with Crippen LogP contribution in [0.25, 0.3) is 0 Å². The van der Waals surface area contributed by atoms with Crippen molar-refractivity contribution in [2.75, 3.05) is 0 Å². The van der Waals surface area contributed by atoms with Crippen molar-refractivity contribution in [1.29, 1.82) is 0 Å². The predicted molar refractivity (Wildman–Crippen MR) is 44.1 cm³/mol. The Morgan fingerprint density at radius 1 is 1.33 bits per heavy atom. The molecule has 0 aromatic carbocycles. The average Bonchev–Trinajstić information content (AvgIpc) is 2.15. The molecule has 0 saturated heterocycles. The molecule has 0 unspecified atom stereocenters. The van der Waals surface area contributed by atoms with Gasteiger partial charge in [-0.2, -0.15) is 12.8 Å². The third-order valence-corrected chi connectivity index (χ3v) is 4.45. The van der Waals surface area contributed by atoms with E-state index in [-0.39, 0.29) is 11.3 Å². The van der Waals surface area contributed by atoms with Gasteiger partial charge in [-0.15, -0.1) is 0 Å². The van der Waals surface area contributed by atoms with Crippen LogP contribution < -0.4 is 0 Å². The van der Waals surface area contributed by atoms with Crippen LogP contribution in [0.5, 0.6) is 0 Å². The summed E-state index contributed by atoms with van der Waals surface area (Å²) in [4.78, 5) is 0. The smallest absolute Gasteiger partial charge is 0.281 e. The van der Waals surface area contributed by atoms with Gasteiger partial charge >= 0.3 is 10.1 Å². The van der Waals surface area contributed by atoms with Gasteiger partial charge in [-0.1, -0.05) is 34.5 Å². The number of rotatable bonds is 1. The SMILES string of the molecule is O=S(=O)(O)c1sc(F)c(Cl)c1Cl. The molecule has 0 aliphatic heterocycles. The Balaban J connectivity index is 3.48. The summed E-state index contributed by atoms with van der Waals surface area (Å²) >= 11 is 10.7. The maximum atomic E-state index is 12.6. The Bertz CT molecular complexity index is 410. The van der Waals surface area contributed by atoms with Gasteiger partial charge in [-0.05, 0) is 0 Å². The highest BCUT2D eigenvalue weighted by molar-refractivity contribution is 7.88. The van der Waals surface area contributed by atoms with Crippen LogP contribution in [0, 0.1) is 5.13 Å². The molecule has 0 amide bonds. The standard InChI is InChI=1S/C4HCl2FO3S2/c5-1-2(6)4(11-3(1)7)12(8,9)10/h(H,8,9,10). The van der Waals surface area contributed by atoms with E-state index in [1.54, 1.807) is 0 Å². The Kier molecular flexibility index (Phi) is 2.65. The van der Waals surface area contributed by atoms with E-state index in [1.165, 1.54) is 0 Å². The lowest BCUT2D eigenvalue weighted by Crippen LogP contribution is -1.94. The minimum absolute atomic E-state index is 0.179. The van der Waals surface area contributed by atoms with Crippen LogP contribution in [-0.2, 0) is 10.1 Å². The zero-order valence-electron chi connectivity index (χ0n) is 5.21. The maximum absolute atomic E-state index is 12.6. The van der Waals surface area contributed by atoms with Crippen molar-refractivity contribution < 1.29 is 17.4 Å². The predicted octanol–water partition coefficient (Wildman–Crippen LogP) is 2.44. The van der Waals surface area contributed by atoms with Crippen molar-refractivity contribution >= 4 is 44.7 Å². The first-order valence-electron chi connectivity index (χ1n) is 2.45. The molecule has 1 N–H and O–H groups in total. The highest BCUT2D eigenvalue weighted by Gasteiger charge is 2.23. The van der Waals surface area contributed by atoms with Gasteiger partial charge in [-0.25, -0.2) is 0 Å². The monoisotopic (exact) mass is 250 g/mol. The lowest BCUT2D eigenvalue weighted by atomic mass is 10.6. The molecule has 0 fully saturated rings. The molecule has 0 radical (unpaired) electrons. The van der Waals surface area contributed by atoms with E-state index in [4.69, 9.17) is 27.8 Å². The maximum Gasteiger partial charge on any atom is 0.305 e. The van der Waals surface area contributed by atoms with Crippen LogP contribution in [0.1, 0.15) is 0 Å². The quantitative estimate of drug-likeness (QED) is 0.780. The molecular weight excluding hydrogens is 250 g/mol. The normalized spacial score (nSPS) is 12.0. The van der Waals surface area contributed by atoms with Gasteiger partial charge < -0.3 is 0 Å². The van der Waals surface area contributed by atoms with E-state index in [0.717, 1.165) is 0 Å². The van der Waals surface area contributed by atoms with Gasteiger partial charge in [0.1, 0.15) is 5.02 Å². The molecule has 0 aliphatic carbocycles. The minimum atomic E-state index is -4.47. The lowest BCUT2D eigenvalue weighted by molar-refractivity contribution is 0.485. The molecule has 0 atom stereocenters. The highest BCUT2D eigenvalue weighted by atomic mass is 35.5. The van der Waals surface area contributed by atoms with E-state index in [2.05, 4.69) is 0 Å². The first kappa shape index (κ1) is 10.2. The Labute approximate surface area is 81.5 Å². The van der Waals surface area contributed by atoms with E-state index in [1.807, 2.05) is 0 Å². The molecule has 1 rings (SSSR count). The highest BCUT2D eigenvalue weighted by Crippen LogP contribution is 2.38. The molecule has 1 aromatic rings. The van der Waals surface area contributed by atoms with Crippen LogP contribution in [0.15, 0.2) is 4.21 Å². The van der Waals surface area contributed by atoms with Gasteiger partial charge in [0.25, 0.3) is 0 Å².